The van der Waals surface area contributed by atoms with Gasteiger partial charge in [-0.05, 0) is 6.07 Å². The maximum atomic E-state index is 13.1. The number of amides is 2. The summed E-state index contributed by atoms with van der Waals surface area (Å²) in [6.07, 6.45) is -0.373. The summed E-state index contributed by atoms with van der Waals surface area (Å²) < 4.78 is 13.1. The fourth-order valence-electron chi connectivity index (χ4n) is 1.19. The predicted molar refractivity (Wildman–Crippen MR) is 56.4 cm³/mol. The Morgan fingerprint density at radius 3 is 2.50 bits per heavy atom. The summed E-state index contributed by atoms with van der Waals surface area (Å²) in [6, 6.07) is 2.18. The Labute approximate surface area is 101 Å². The van der Waals surface area contributed by atoms with E-state index in [0.717, 1.165) is 6.07 Å². The van der Waals surface area contributed by atoms with Crippen molar-refractivity contribution >= 4 is 11.8 Å². The number of carbonyl (C=O) groups excluding carboxylic acids is 2. The quantitative estimate of drug-likeness (QED) is 0.365. The Morgan fingerprint density at radius 2 is 1.89 bits per heavy atom. The number of hydroxylamine groups is 1. The summed E-state index contributed by atoms with van der Waals surface area (Å²) in [7, 11) is 0. The topological polar surface area (TPSA) is 119 Å². The van der Waals surface area contributed by atoms with E-state index in [4.69, 9.17) is 10.3 Å². The fraction of sp³-hybridized carbons (Fsp3) is 0.200. The molecular weight excluding hydrogens is 247 g/mol. The van der Waals surface area contributed by atoms with E-state index in [0.29, 0.717) is 0 Å². The van der Waals surface area contributed by atoms with Gasteiger partial charge in [0, 0.05) is 5.56 Å². The third-order valence-corrected chi connectivity index (χ3v) is 2.10. The van der Waals surface area contributed by atoms with Crippen LogP contribution in [0, 0.1) is 5.82 Å². The molecule has 0 aliphatic carbocycles. The van der Waals surface area contributed by atoms with Gasteiger partial charge in [0.1, 0.15) is 0 Å². The fourth-order valence-corrected chi connectivity index (χ4v) is 1.19. The van der Waals surface area contributed by atoms with Crippen molar-refractivity contribution in [1.82, 2.24) is 10.8 Å². The first kappa shape index (κ1) is 13.7. The molecule has 8 heteroatoms. The highest BCUT2D eigenvalue weighted by Gasteiger charge is 2.14. The average molecular weight is 258 g/mol. The van der Waals surface area contributed by atoms with Crippen LogP contribution in [0.2, 0.25) is 0 Å². The SMILES string of the molecule is O=C(CNC(=O)Cc1ccc(O)c(F)c1O)NO. The number of hydrogen-bond acceptors (Lipinski definition) is 5. The second-order valence-electron chi connectivity index (χ2n) is 3.39. The molecule has 0 aromatic heterocycles. The summed E-state index contributed by atoms with van der Waals surface area (Å²) in [5.41, 5.74) is 1.28. The highest BCUT2D eigenvalue weighted by Crippen LogP contribution is 2.28. The molecule has 0 spiro atoms. The first-order chi connectivity index (χ1) is 8.45. The van der Waals surface area contributed by atoms with Gasteiger partial charge in [-0.25, -0.2) is 5.48 Å². The molecule has 18 heavy (non-hydrogen) atoms. The molecule has 0 aliphatic rings. The highest BCUT2D eigenvalue weighted by molar-refractivity contribution is 5.85. The molecule has 1 aromatic rings. The molecule has 1 aromatic carbocycles. The number of aromatic hydroxyl groups is 2. The molecule has 0 saturated heterocycles. The van der Waals surface area contributed by atoms with Gasteiger partial charge < -0.3 is 15.5 Å². The van der Waals surface area contributed by atoms with E-state index in [1.54, 1.807) is 0 Å². The molecule has 7 nitrogen and oxygen atoms in total. The lowest BCUT2D eigenvalue weighted by Crippen LogP contribution is -2.36. The normalized spacial score (nSPS) is 9.89. The van der Waals surface area contributed by atoms with E-state index in [-0.39, 0.29) is 12.0 Å². The molecule has 0 heterocycles. The smallest absolute Gasteiger partial charge is 0.262 e. The minimum atomic E-state index is -1.21. The van der Waals surface area contributed by atoms with Crippen molar-refractivity contribution in [2.24, 2.45) is 0 Å². The largest absolute Gasteiger partial charge is 0.505 e. The second kappa shape index (κ2) is 5.82. The molecule has 0 bridgehead atoms. The number of halogens is 1. The van der Waals surface area contributed by atoms with Crippen molar-refractivity contribution in [2.45, 2.75) is 6.42 Å². The van der Waals surface area contributed by atoms with Crippen molar-refractivity contribution < 1.29 is 29.4 Å². The number of phenols is 2. The third-order valence-electron chi connectivity index (χ3n) is 2.10. The average Bonchev–Trinajstić information content (AvgIpc) is 2.36. The van der Waals surface area contributed by atoms with E-state index in [1.165, 1.54) is 11.5 Å². The summed E-state index contributed by atoms with van der Waals surface area (Å²) in [4.78, 5) is 21.9. The Hall–Kier alpha value is -2.35. The Morgan fingerprint density at radius 1 is 1.22 bits per heavy atom. The number of phenolic OH excluding ortho intramolecular Hbond substituents is 2. The molecule has 5 N–H and O–H groups in total. The zero-order valence-electron chi connectivity index (χ0n) is 9.11. The predicted octanol–water partition coefficient (Wildman–Crippen LogP) is -0.599. The second-order valence-corrected chi connectivity index (χ2v) is 3.39. The summed E-state index contributed by atoms with van der Waals surface area (Å²) in [5.74, 6) is -4.23. The van der Waals surface area contributed by atoms with Crippen molar-refractivity contribution in [3.05, 3.63) is 23.5 Å². The van der Waals surface area contributed by atoms with Gasteiger partial charge in [0.15, 0.2) is 11.5 Å². The van der Waals surface area contributed by atoms with Crippen molar-refractivity contribution in [1.29, 1.82) is 0 Å². The maximum absolute atomic E-state index is 13.1. The van der Waals surface area contributed by atoms with Gasteiger partial charge >= 0.3 is 0 Å². The van der Waals surface area contributed by atoms with Crippen LogP contribution in [0.1, 0.15) is 5.56 Å². The van der Waals surface area contributed by atoms with Crippen molar-refractivity contribution in [3.63, 3.8) is 0 Å². The van der Waals surface area contributed by atoms with E-state index in [9.17, 15) is 19.1 Å². The van der Waals surface area contributed by atoms with Gasteiger partial charge in [-0.1, -0.05) is 6.07 Å². The minimum absolute atomic E-state index is 0.0350. The van der Waals surface area contributed by atoms with Crippen LogP contribution < -0.4 is 10.8 Å². The van der Waals surface area contributed by atoms with Gasteiger partial charge in [-0.2, -0.15) is 4.39 Å². The molecule has 0 saturated carbocycles. The lowest BCUT2D eigenvalue weighted by Gasteiger charge is -2.07. The molecule has 0 aliphatic heterocycles. The first-order valence-corrected chi connectivity index (χ1v) is 4.84. The van der Waals surface area contributed by atoms with Crippen molar-refractivity contribution in [3.8, 4) is 11.5 Å². The lowest BCUT2D eigenvalue weighted by atomic mass is 10.1. The molecule has 98 valence electrons. The standard InChI is InChI=1S/C10H11FN2O5/c11-9-6(14)2-1-5(10(9)17)3-7(15)12-4-8(16)13-18/h1-2,14,17-18H,3-4H2,(H,12,15)(H,13,16). The van der Waals surface area contributed by atoms with Crippen LogP contribution in [0.15, 0.2) is 12.1 Å². The van der Waals surface area contributed by atoms with Crippen molar-refractivity contribution in [2.75, 3.05) is 6.54 Å². The summed E-state index contributed by atoms with van der Waals surface area (Å²) in [6.45, 7) is -0.448. The minimum Gasteiger partial charge on any atom is -0.505 e. The Bertz CT molecular complexity index is 478. The molecule has 2 amide bonds. The molecular formula is C10H11FN2O5. The Kier molecular flexibility index (Phi) is 4.44. The zero-order chi connectivity index (χ0) is 13.7. The number of nitrogens with one attached hydrogen (secondary N) is 2. The number of benzene rings is 1. The van der Waals surface area contributed by atoms with Crippen LogP contribution in [0.3, 0.4) is 0 Å². The van der Waals surface area contributed by atoms with Crippen LogP contribution >= 0.6 is 0 Å². The van der Waals surface area contributed by atoms with Crippen LogP contribution in [-0.4, -0.2) is 33.8 Å². The van der Waals surface area contributed by atoms with Crippen LogP contribution in [0.5, 0.6) is 11.5 Å². The number of carbonyl (C=O) groups is 2. The van der Waals surface area contributed by atoms with Crippen LogP contribution in [0.25, 0.3) is 0 Å². The van der Waals surface area contributed by atoms with E-state index in [2.05, 4.69) is 5.32 Å². The molecule has 1 rings (SSSR count). The highest BCUT2D eigenvalue weighted by atomic mass is 19.1. The van der Waals surface area contributed by atoms with E-state index in [1.807, 2.05) is 0 Å². The molecule has 0 fully saturated rings. The molecule has 0 atom stereocenters. The molecule has 0 unspecified atom stereocenters. The van der Waals surface area contributed by atoms with Gasteiger partial charge in [-0.15, -0.1) is 0 Å². The first-order valence-electron chi connectivity index (χ1n) is 4.84. The lowest BCUT2D eigenvalue weighted by molar-refractivity contribution is -0.131. The third kappa shape index (κ3) is 3.32. The zero-order valence-corrected chi connectivity index (χ0v) is 9.11. The van der Waals surface area contributed by atoms with Gasteiger partial charge in [-0.3, -0.25) is 14.8 Å². The molecule has 0 radical (unpaired) electrons. The van der Waals surface area contributed by atoms with Gasteiger partial charge in [0.05, 0.1) is 13.0 Å². The van der Waals surface area contributed by atoms with E-state index >= 15 is 0 Å². The number of hydrogen-bond donors (Lipinski definition) is 5. The van der Waals surface area contributed by atoms with Crippen LogP contribution in [-0.2, 0) is 16.0 Å². The van der Waals surface area contributed by atoms with Gasteiger partial charge in [0.25, 0.3) is 5.91 Å². The van der Waals surface area contributed by atoms with Gasteiger partial charge in [0.2, 0.25) is 11.7 Å². The van der Waals surface area contributed by atoms with Crippen LogP contribution in [0.4, 0.5) is 4.39 Å². The summed E-state index contributed by atoms with van der Waals surface area (Å²) >= 11 is 0. The van der Waals surface area contributed by atoms with E-state index < -0.39 is 35.7 Å². The Balaban J connectivity index is 2.65. The summed E-state index contributed by atoms with van der Waals surface area (Å²) in [5, 5.41) is 28.6. The monoisotopic (exact) mass is 258 g/mol. The maximum Gasteiger partial charge on any atom is 0.262 e. The number of rotatable bonds is 4.